The Morgan fingerprint density at radius 2 is 1.86 bits per heavy atom. The van der Waals surface area contributed by atoms with Crippen molar-refractivity contribution in [2.75, 3.05) is 18.4 Å². The van der Waals surface area contributed by atoms with Gasteiger partial charge in [0.1, 0.15) is 11.1 Å². The molecule has 1 aliphatic heterocycles. The van der Waals surface area contributed by atoms with E-state index in [1.807, 2.05) is 26.8 Å². The third kappa shape index (κ3) is 5.00. The highest BCUT2D eigenvalue weighted by Crippen LogP contribution is 2.35. The Morgan fingerprint density at radius 1 is 1.14 bits per heavy atom. The molecule has 1 aliphatic rings. The number of aryl methyl sites for hydroxylation is 2. The van der Waals surface area contributed by atoms with E-state index in [1.165, 1.54) is 6.07 Å². The fraction of sp³-hybridized carbons (Fsp3) is 0.407. The van der Waals surface area contributed by atoms with E-state index in [9.17, 15) is 14.0 Å². The molecule has 0 saturated carbocycles. The number of hydrogen-bond donors (Lipinski definition) is 1. The molecule has 37 heavy (non-hydrogen) atoms. The molecule has 4 aromatic rings. The van der Waals surface area contributed by atoms with Gasteiger partial charge in [0.2, 0.25) is 0 Å². The maximum absolute atomic E-state index is 14.5. The molecule has 3 aromatic heterocycles. The molecule has 194 valence electrons. The minimum absolute atomic E-state index is 0.145. The van der Waals surface area contributed by atoms with Crippen LogP contribution < -0.4 is 5.32 Å². The van der Waals surface area contributed by atoms with E-state index in [0.717, 1.165) is 18.4 Å². The lowest BCUT2D eigenvalue weighted by Crippen LogP contribution is -2.41. The third-order valence-electron chi connectivity index (χ3n) is 6.40. The van der Waals surface area contributed by atoms with Crippen molar-refractivity contribution in [2.45, 2.75) is 59.0 Å². The summed E-state index contributed by atoms with van der Waals surface area (Å²) >= 11 is 0. The lowest BCUT2D eigenvalue weighted by molar-refractivity contribution is 0.0205. The number of nitrogens with zero attached hydrogens (tertiary/aromatic N) is 4. The average Bonchev–Trinajstić information content (AvgIpc) is 3.39. The zero-order chi connectivity index (χ0) is 26.5. The number of anilines is 1. The number of ether oxygens (including phenoxy) is 1. The fourth-order valence-electron chi connectivity index (χ4n) is 4.78. The Balaban J connectivity index is 1.37. The van der Waals surface area contributed by atoms with E-state index < -0.39 is 17.3 Å². The number of amides is 2. The predicted molar refractivity (Wildman–Crippen MR) is 136 cm³/mol. The number of nitrogens with one attached hydrogen (secondary N) is 1. The number of hydrogen-bond acceptors (Lipinski definition) is 6. The van der Waals surface area contributed by atoms with Gasteiger partial charge < -0.3 is 23.8 Å². The predicted octanol–water partition coefficient (Wildman–Crippen LogP) is 5.60. The summed E-state index contributed by atoms with van der Waals surface area (Å²) in [4.78, 5) is 36.0. The van der Waals surface area contributed by atoms with E-state index in [4.69, 9.17) is 9.15 Å². The van der Waals surface area contributed by atoms with Gasteiger partial charge in [-0.3, -0.25) is 4.79 Å². The lowest BCUT2D eigenvalue weighted by atomic mass is 9.88. The SMILES string of the molecule is Cc1cn2cc(NC(=O)c3ccc(C4CCN(C(=O)OC(C)(C)C)CC4)c4oc(C)nc34)cc(F)c2n1. The second-order valence-corrected chi connectivity index (χ2v) is 10.5. The molecule has 2 amide bonds. The minimum atomic E-state index is -0.539. The molecule has 9 nitrogen and oxygen atoms in total. The number of oxazole rings is 1. The number of pyridine rings is 1. The Hall–Kier alpha value is -3.95. The standard InChI is InChI=1S/C27H30FN5O4/c1-15-13-33-14-18(12-21(28)24(33)29-15)31-25(34)20-7-6-19(23-22(20)30-16(2)36-23)17-8-10-32(11-9-17)26(35)37-27(3,4)5/h6-7,12-14,17H,8-11H2,1-5H3,(H,31,34). The first-order chi connectivity index (χ1) is 17.5. The minimum Gasteiger partial charge on any atom is -0.444 e. The monoisotopic (exact) mass is 507 g/mol. The molecule has 0 unspecified atom stereocenters. The number of benzene rings is 1. The summed E-state index contributed by atoms with van der Waals surface area (Å²) in [6.45, 7) is 10.2. The van der Waals surface area contributed by atoms with Crippen LogP contribution in [0.5, 0.6) is 0 Å². The van der Waals surface area contributed by atoms with Gasteiger partial charge in [0.25, 0.3) is 5.91 Å². The smallest absolute Gasteiger partial charge is 0.410 e. The van der Waals surface area contributed by atoms with Crippen molar-refractivity contribution in [3.63, 3.8) is 0 Å². The molecule has 0 spiro atoms. The first kappa shape index (κ1) is 24.7. The lowest BCUT2D eigenvalue weighted by Gasteiger charge is -2.33. The van der Waals surface area contributed by atoms with Crippen molar-refractivity contribution in [2.24, 2.45) is 0 Å². The molecule has 0 atom stereocenters. The van der Waals surface area contributed by atoms with Gasteiger partial charge in [0.05, 0.1) is 16.9 Å². The molecule has 0 aliphatic carbocycles. The van der Waals surface area contributed by atoms with E-state index in [2.05, 4.69) is 15.3 Å². The first-order valence-corrected chi connectivity index (χ1v) is 12.3. The molecular weight excluding hydrogens is 477 g/mol. The van der Waals surface area contributed by atoms with Gasteiger partial charge >= 0.3 is 6.09 Å². The second-order valence-electron chi connectivity index (χ2n) is 10.5. The van der Waals surface area contributed by atoms with Crippen LogP contribution in [0.3, 0.4) is 0 Å². The van der Waals surface area contributed by atoms with Crippen LogP contribution >= 0.6 is 0 Å². The van der Waals surface area contributed by atoms with Gasteiger partial charge in [-0.05, 0) is 52.5 Å². The number of carbonyl (C=O) groups is 2. The number of rotatable bonds is 3. The maximum atomic E-state index is 14.5. The summed E-state index contributed by atoms with van der Waals surface area (Å²) in [5.41, 5.74) is 2.96. The first-order valence-electron chi connectivity index (χ1n) is 12.3. The van der Waals surface area contributed by atoms with Crippen LogP contribution in [0.2, 0.25) is 0 Å². The molecular formula is C27H30FN5O4. The summed E-state index contributed by atoms with van der Waals surface area (Å²) in [7, 11) is 0. The molecule has 0 bridgehead atoms. The molecule has 1 aromatic carbocycles. The van der Waals surface area contributed by atoms with Crippen LogP contribution in [-0.4, -0.2) is 50.0 Å². The molecule has 5 rings (SSSR count). The molecule has 1 N–H and O–H groups in total. The Bertz CT molecular complexity index is 1510. The van der Waals surface area contributed by atoms with E-state index in [-0.39, 0.29) is 17.7 Å². The number of halogens is 1. The zero-order valence-corrected chi connectivity index (χ0v) is 21.6. The number of likely N-dealkylation sites (tertiary alicyclic amines) is 1. The van der Waals surface area contributed by atoms with Crippen molar-refractivity contribution in [3.8, 4) is 0 Å². The van der Waals surface area contributed by atoms with Gasteiger partial charge in [0, 0.05) is 44.0 Å². The quantitative estimate of drug-likeness (QED) is 0.387. The van der Waals surface area contributed by atoms with Gasteiger partial charge in [-0.1, -0.05) is 6.07 Å². The van der Waals surface area contributed by atoms with Crippen LogP contribution in [0.25, 0.3) is 16.7 Å². The third-order valence-corrected chi connectivity index (χ3v) is 6.40. The van der Waals surface area contributed by atoms with Crippen LogP contribution in [0, 0.1) is 19.7 Å². The largest absolute Gasteiger partial charge is 0.444 e. The van der Waals surface area contributed by atoms with Crippen LogP contribution in [-0.2, 0) is 4.74 Å². The van der Waals surface area contributed by atoms with Gasteiger partial charge in [-0.25, -0.2) is 19.2 Å². The van der Waals surface area contributed by atoms with Gasteiger partial charge in [0.15, 0.2) is 22.9 Å². The van der Waals surface area contributed by atoms with Crippen molar-refractivity contribution >= 4 is 34.4 Å². The van der Waals surface area contributed by atoms with Gasteiger partial charge in [-0.2, -0.15) is 0 Å². The Kier molecular flexibility index (Phi) is 6.13. The van der Waals surface area contributed by atoms with Crippen LogP contribution in [0.1, 0.15) is 67.0 Å². The van der Waals surface area contributed by atoms with Crippen molar-refractivity contribution in [1.29, 1.82) is 0 Å². The maximum Gasteiger partial charge on any atom is 0.410 e. The molecule has 10 heteroatoms. The Labute approximate surface area is 213 Å². The number of piperidine rings is 1. The normalized spacial score (nSPS) is 14.9. The highest BCUT2D eigenvalue weighted by atomic mass is 19.1. The van der Waals surface area contributed by atoms with E-state index in [0.29, 0.717) is 47.0 Å². The average molecular weight is 508 g/mol. The number of fused-ring (bicyclic) bond motifs is 2. The van der Waals surface area contributed by atoms with Crippen molar-refractivity contribution in [3.05, 3.63) is 59.1 Å². The van der Waals surface area contributed by atoms with E-state index in [1.54, 1.807) is 41.6 Å². The Morgan fingerprint density at radius 3 is 2.57 bits per heavy atom. The number of imidazole rings is 1. The van der Waals surface area contributed by atoms with Crippen LogP contribution in [0.4, 0.5) is 14.9 Å². The topological polar surface area (TPSA) is 102 Å². The summed E-state index contributed by atoms with van der Waals surface area (Å²) in [5, 5.41) is 2.77. The summed E-state index contributed by atoms with van der Waals surface area (Å²) in [6, 6.07) is 4.86. The second kappa shape index (κ2) is 9.17. The zero-order valence-electron chi connectivity index (χ0n) is 21.6. The summed E-state index contributed by atoms with van der Waals surface area (Å²) in [6.07, 6.45) is 4.48. The van der Waals surface area contributed by atoms with E-state index >= 15 is 0 Å². The van der Waals surface area contributed by atoms with Crippen molar-refractivity contribution < 1.29 is 23.1 Å². The molecule has 1 fully saturated rings. The molecule has 1 saturated heterocycles. The summed E-state index contributed by atoms with van der Waals surface area (Å²) in [5.74, 6) is -0.350. The number of carbonyl (C=O) groups excluding carboxylic acids is 2. The fourth-order valence-corrected chi connectivity index (χ4v) is 4.78. The van der Waals surface area contributed by atoms with Crippen LogP contribution in [0.15, 0.2) is 35.0 Å². The van der Waals surface area contributed by atoms with Gasteiger partial charge in [-0.15, -0.1) is 0 Å². The molecule has 4 heterocycles. The number of aromatic nitrogens is 3. The van der Waals surface area contributed by atoms with Crippen molar-refractivity contribution in [1.82, 2.24) is 19.3 Å². The highest BCUT2D eigenvalue weighted by Gasteiger charge is 2.30. The summed E-state index contributed by atoms with van der Waals surface area (Å²) < 4.78 is 27.5. The highest BCUT2D eigenvalue weighted by molar-refractivity contribution is 6.11. The molecule has 0 radical (unpaired) electrons.